The minimum Gasteiger partial charge on any atom is -0.125 e. The van der Waals surface area contributed by atoms with E-state index in [0.717, 1.165) is 26.3 Å². The lowest BCUT2D eigenvalue weighted by Gasteiger charge is -2.25. The van der Waals surface area contributed by atoms with Crippen LogP contribution in [0.25, 0.3) is 0 Å². The Kier molecular flexibility index (Phi) is 7.14. The molecule has 0 saturated carbocycles. The van der Waals surface area contributed by atoms with Crippen LogP contribution in [0.4, 0.5) is 0 Å². The number of rotatable bonds is 6. The largest absolute Gasteiger partial charge is 0.125 e. The molecule has 12 heavy (non-hydrogen) atoms. The summed E-state index contributed by atoms with van der Waals surface area (Å²) in [5, 5.41) is 0. The van der Waals surface area contributed by atoms with Crippen molar-refractivity contribution in [3.05, 3.63) is 0 Å². The molecule has 74 valence electrons. The van der Waals surface area contributed by atoms with Gasteiger partial charge in [-0.3, -0.25) is 0 Å². The third-order valence-corrected chi connectivity index (χ3v) is 4.12. The molecule has 0 aliphatic rings. The van der Waals surface area contributed by atoms with Crippen LogP contribution in [0.15, 0.2) is 0 Å². The van der Waals surface area contributed by atoms with E-state index in [2.05, 4.69) is 34.4 Å². The van der Waals surface area contributed by atoms with Gasteiger partial charge < -0.3 is 0 Å². The van der Waals surface area contributed by atoms with Gasteiger partial charge in [0.2, 0.25) is 0 Å². The molecule has 4 unspecified atom stereocenters. The molecule has 0 heterocycles. The predicted octanol–water partition coefficient (Wildman–Crippen LogP) is 4.00. The summed E-state index contributed by atoms with van der Waals surface area (Å²) >= 11 is 0. The fourth-order valence-electron chi connectivity index (χ4n) is 1.79. The van der Waals surface area contributed by atoms with Crippen molar-refractivity contribution in [2.45, 2.75) is 40.5 Å². The Balaban J connectivity index is 3.73. The molecule has 0 amide bonds. The molecule has 0 aromatic heterocycles. The van der Waals surface area contributed by atoms with Crippen LogP contribution in [-0.2, 0) is 0 Å². The van der Waals surface area contributed by atoms with Crippen molar-refractivity contribution >= 4 is 8.58 Å². The van der Waals surface area contributed by atoms with Crippen LogP contribution in [0, 0.1) is 17.8 Å². The molecule has 0 nitrogen and oxygen atoms in total. The molecule has 0 aliphatic carbocycles. The Bertz CT molecular complexity index is 89.2. The molecule has 0 rings (SSSR count). The van der Waals surface area contributed by atoms with Crippen molar-refractivity contribution < 1.29 is 0 Å². The van der Waals surface area contributed by atoms with Gasteiger partial charge in [0.25, 0.3) is 0 Å². The topological polar surface area (TPSA) is 0 Å². The van der Waals surface area contributed by atoms with Gasteiger partial charge in [-0.25, -0.2) is 0 Å². The Hall–Kier alpha value is 0.430. The first-order chi connectivity index (χ1) is 5.63. The van der Waals surface area contributed by atoms with Crippen molar-refractivity contribution in [1.82, 2.24) is 0 Å². The van der Waals surface area contributed by atoms with E-state index in [9.17, 15) is 0 Å². The second-order valence-corrected chi connectivity index (χ2v) is 5.28. The maximum Gasteiger partial charge on any atom is -0.0327 e. The number of hydrogen-bond acceptors (Lipinski definition) is 0. The summed E-state index contributed by atoms with van der Waals surface area (Å²) in [6.45, 7) is 11.8. The molecule has 0 fully saturated rings. The molecule has 0 bridgehead atoms. The van der Waals surface area contributed by atoms with E-state index in [1.54, 1.807) is 0 Å². The lowest BCUT2D eigenvalue weighted by Crippen LogP contribution is -2.17. The monoisotopic (exact) mass is 188 g/mol. The highest BCUT2D eigenvalue weighted by Crippen LogP contribution is 2.27. The summed E-state index contributed by atoms with van der Waals surface area (Å²) in [5.74, 6) is 2.76. The van der Waals surface area contributed by atoms with E-state index in [1.807, 2.05) is 0 Å². The van der Waals surface area contributed by atoms with Crippen molar-refractivity contribution in [2.24, 2.45) is 17.8 Å². The maximum atomic E-state index is 2.42. The first kappa shape index (κ1) is 12.4. The zero-order chi connectivity index (χ0) is 9.56. The average molecular weight is 188 g/mol. The normalized spacial score (nSPS) is 19.8. The number of hydrogen-bond donors (Lipinski definition) is 0. The average Bonchev–Trinajstić information content (AvgIpc) is 2.04. The summed E-state index contributed by atoms with van der Waals surface area (Å²) in [5.41, 5.74) is 0. The summed E-state index contributed by atoms with van der Waals surface area (Å²) in [6.07, 6.45) is 4.17. The summed E-state index contributed by atoms with van der Waals surface area (Å²) in [6, 6.07) is 0. The van der Waals surface area contributed by atoms with Crippen LogP contribution in [0.5, 0.6) is 0 Å². The van der Waals surface area contributed by atoms with Crippen molar-refractivity contribution in [1.29, 1.82) is 0 Å². The van der Waals surface area contributed by atoms with Crippen LogP contribution in [-0.4, -0.2) is 12.8 Å². The summed E-state index contributed by atoms with van der Waals surface area (Å²) in [4.78, 5) is 0. The summed E-state index contributed by atoms with van der Waals surface area (Å²) < 4.78 is 0. The maximum absolute atomic E-state index is 2.42. The molecule has 0 spiro atoms. The smallest absolute Gasteiger partial charge is 0.0327 e. The molecule has 0 radical (unpaired) electrons. The standard InChI is InChI=1S/C11H25P/c1-6-7-9(2)11(4)10(3)8-12-5/h9-12H,6-8H2,1-5H3. The van der Waals surface area contributed by atoms with Crippen LogP contribution >= 0.6 is 8.58 Å². The third kappa shape index (κ3) is 4.45. The molecule has 4 atom stereocenters. The molecule has 0 N–H and O–H groups in total. The Labute approximate surface area is 80.3 Å². The van der Waals surface area contributed by atoms with Crippen molar-refractivity contribution in [3.63, 3.8) is 0 Å². The SMILES string of the molecule is CCCC(C)C(C)C(C)CPC. The van der Waals surface area contributed by atoms with Gasteiger partial charge in [0, 0.05) is 0 Å². The van der Waals surface area contributed by atoms with Gasteiger partial charge in [0.05, 0.1) is 0 Å². The van der Waals surface area contributed by atoms with Gasteiger partial charge in [0.1, 0.15) is 0 Å². The Morgan fingerprint density at radius 2 is 1.67 bits per heavy atom. The molecular weight excluding hydrogens is 163 g/mol. The lowest BCUT2D eigenvalue weighted by atomic mass is 9.84. The molecule has 0 saturated heterocycles. The first-order valence-corrected chi connectivity index (χ1v) is 6.98. The van der Waals surface area contributed by atoms with E-state index in [-0.39, 0.29) is 0 Å². The van der Waals surface area contributed by atoms with E-state index in [0.29, 0.717) is 0 Å². The molecule has 1 heteroatoms. The summed E-state index contributed by atoms with van der Waals surface area (Å²) in [7, 11) is 1.13. The van der Waals surface area contributed by atoms with Gasteiger partial charge in [-0.15, -0.1) is 8.58 Å². The Morgan fingerprint density at radius 3 is 2.08 bits per heavy atom. The van der Waals surface area contributed by atoms with Crippen molar-refractivity contribution in [2.75, 3.05) is 12.8 Å². The molecule has 0 aromatic carbocycles. The lowest BCUT2D eigenvalue weighted by molar-refractivity contribution is 0.283. The van der Waals surface area contributed by atoms with Gasteiger partial charge in [0.15, 0.2) is 0 Å². The quantitative estimate of drug-likeness (QED) is 0.553. The molecule has 0 aliphatic heterocycles. The van der Waals surface area contributed by atoms with Gasteiger partial charge >= 0.3 is 0 Å². The van der Waals surface area contributed by atoms with Gasteiger partial charge in [-0.1, -0.05) is 40.5 Å². The molecular formula is C11H25P. The minimum absolute atomic E-state index is 0.914. The molecule has 0 aromatic rings. The highest BCUT2D eigenvalue weighted by atomic mass is 31.1. The van der Waals surface area contributed by atoms with E-state index < -0.39 is 0 Å². The van der Waals surface area contributed by atoms with E-state index in [4.69, 9.17) is 0 Å². The van der Waals surface area contributed by atoms with E-state index in [1.165, 1.54) is 19.0 Å². The second kappa shape index (κ2) is 6.89. The zero-order valence-corrected chi connectivity index (χ0v) is 10.4. The third-order valence-electron chi connectivity index (χ3n) is 3.07. The van der Waals surface area contributed by atoms with Crippen LogP contribution < -0.4 is 0 Å². The fourth-order valence-corrected chi connectivity index (χ4v) is 2.80. The highest BCUT2D eigenvalue weighted by molar-refractivity contribution is 7.36. The van der Waals surface area contributed by atoms with Crippen LogP contribution in [0.1, 0.15) is 40.5 Å². The van der Waals surface area contributed by atoms with E-state index >= 15 is 0 Å². The van der Waals surface area contributed by atoms with Gasteiger partial charge in [-0.05, 0) is 30.6 Å². The first-order valence-electron chi connectivity index (χ1n) is 5.28. The van der Waals surface area contributed by atoms with Crippen LogP contribution in [0.3, 0.4) is 0 Å². The minimum atomic E-state index is 0.914. The Morgan fingerprint density at radius 1 is 1.08 bits per heavy atom. The van der Waals surface area contributed by atoms with Gasteiger partial charge in [-0.2, -0.15) is 0 Å². The predicted molar refractivity (Wildman–Crippen MR) is 61.5 cm³/mol. The van der Waals surface area contributed by atoms with Crippen molar-refractivity contribution in [3.8, 4) is 0 Å². The zero-order valence-electron chi connectivity index (χ0n) is 9.35. The highest BCUT2D eigenvalue weighted by Gasteiger charge is 2.17. The fraction of sp³-hybridized carbons (Fsp3) is 1.00. The van der Waals surface area contributed by atoms with Crippen LogP contribution in [0.2, 0.25) is 0 Å². The second-order valence-electron chi connectivity index (χ2n) is 4.16.